The Kier molecular flexibility index (Phi) is 4.37. The van der Waals surface area contributed by atoms with Crippen molar-refractivity contribution < 1.29 is 13.6 Å². The van der Waals surface area contributed by atoms with Gasteiger partial charge in [0, 0.05) is 37.0 Å². The van der Waals surface area contributed by atoms with Crippen molar-refractivity contribution in [3.63, 3.8) is 0 Å². The third kappa shape index (κ3) is 2.89. The highest BCUT2D eigenvalue weighted by Gasteiger charge is 2.30. The van der Waals surface area contributed by atoms with Crippen LogP contribution in [0.5, 0.6) is 0 Å². The van der Waals surface area contributed by atoms with E-state index in [0.29, 0.717) is 35.3 Å². The number of nitrogens with zero attached hydrogens (tertiary/aromatic N) is 2. The van der Waals surface area contributed by atoms with Crippen LogP contribution in [0.4, 0.5) is 8.78 Å². The number of rotatable bonds is 2. The zero-order valence-corrected chi connectivity index (χ0v) is 16.6. The number of halogens is 2. The van der Waals surface area contributed by atoms with E-state index in [1.54, 1.807) is 35.7 Å². The Morgan fingerprint density at radius 1 is 1.20 bits per heavy atom. The van der Waals surface area contributed by atoms with E-state index in [1.165, 1.54) is 11.3 Å². The Bertz CT molecular complexity index is 1380. The Hall–Kier alpha value is -3.17. The van der Waals surface area contributed by atoms with Crippen molar-refractivity contribution in [2.24, 2.45) is 0 Å². The molecule has 1 amide bonds. The zero-order valence-electron chi connectivity index (χ0n) is 15.8. The molecule has 5 rings (SSSR count). The molecule has 0 aliphatic carbocycles. The van der Waals surface area contributed by atoms with Crippen LogP contribution in [0.2, 0.25) is 0 Å². The number of thiazole rings is 1. The second-order valence-corrected chi connectivity index (χ2v) is 8.14. The fraction of sp³-hybridized carbons (Fsp3) is 0.190. The molecule has 2 N–H and O–H groups in total. The number of pyridine rings is 1. The number of hydrogen-bond donors (Lipinski definition) is 2. The summed E-state index contributed by atoms with van der Waals surface area (Å²) in [4.78, 5) is 34.1. The average molecular weight is 426 g/mol. The van der Waals surface area contributed by atoms with E-state index in [1.807, 2.05) is 0 Å². The third-order valence-electron chi connectivity index (χ3n) is 5.52. The van der Waals surface area contributed by atoms with Crippen molar-refractivity contribution in [2.45, 2.75) is 12.6 Å². The molecule has 4 aromatic rings. The standard InChI is InChI=1S/C21H16F2N4O2S/c1-27(21(29)10-2-3-15-18(4-10)30-9-25-15)17-8-24-7-16-19(17)11-5-13(22)14(23)6-12(11)20(28)26-16/h2-6,9,17,24H,7-8H2,1H3,(H,26,28)/t17-/m1/s1. The predicted molar refractivity (Wildman–Crippen MR) is 111 cm³/mol. The maximum Gasteiger partial charge on any atom is 0.256 e. The maximum absolute atomic E-state index is 14.0. The number of carbonyl (C=O) groups excluding carboxylic acids is 1. The van der Waals surface area contributed by atoms with Gasteiger partial charge in [-0.05, 0) is 35.7 Å². The minimum atomic E-state index is -1.08. The smallest absolute Gasteiger partial charge is 0.256 e. The minimum absolute atomic E-state index is 0.0616. The molecule has 3 heterocycles. The highest BCUT2D eigenvalue weighted by Crippen LogP contribution is 2.33. The molecule has 0 unspecified atom stereocenters. The summed E-state index contributed by atoms with van der Waals surface area (Å²) in [6.07, 6.45) is 0. The van der Waals surface area contributed by atoms with Crippen LogP contribution >= 0.6 is 11.3 Å². The molecule has 0 bridgehead atoms. The summed E-state index contributed by atoms with van der Waals surface area (Å²) in [5.74, 6) is -2.33. The fourth-order valence-corrected chi connectivity index (χ4v) is 4.73. The number of fused-ring (bicyclic) bond motifs is 4. The second kappa shape index (κ2) is 6.96. The number of aromatic nitrogens is 2. The Labute approximate surface area is 173 Å². The van der Waals surface area contributed by atoms with Gasteiger partial charge in [-0.1, -0.05) is 0 Å². The van der Waals surface area contributed by atoms with Crippen molar-refractivity contribution in [3.8, 4) is 0 Å². The van der Waals surface area contributed by atoms with Crippen LogP contribution in [0.15, 0.2) is 40.6 Å². The molecule has 9 heteroatoms. The van der Waals surface area contributed by atoms with Crippen LogP contribution in [-0.2, 0) is 6.54 Å². The van der Waals surface area contributed by atoms with Gasteiger partial charge in [-0.25, -0.2) is 13.8 Å². The van der Waals surface area contributed by atoms with Crippen molar-refractivity contribution >= 4 is 38.2 Å². The topological polar surface area (TPSA) is 78.1 Å². The van der Waals surface area contributed by atoms with Crippen LogP contribution < -0.4 is 10.9 Å². The summed E-state index contributed by atoms with van der Waals surface area (Å²) in [5.41, 5.74) is 3.75. The first-order valence-corrected chi connectivity index (χ1v) is 10.2. The molecule has 0 radical (unpaired) electrons. The number of nitrogens with one attached hydrogen (secondary N) is 2. The molecule has 2 aromatic carbocycles. The monoisotopic (exact) mass is 426 g/mol. The van der Waals surface area contributed by atoms with Crippen LogP contribution in [0.1, 0.15) is 27.7 Å². The van der Waals surface area contributed by atoms with E-state index >= 15 is 0 Å². The second-order valence-electron chi connectivity index (χ2n) is 7.26. The predicted octanol–water partition coefficient (Wildman–Crippen LogP) is 3.33. The molecule has 0 fully saturated rings. The van der Waals surface area contributed by atoms with Gasteiger partial charge in [0.25, 0.3) is 11.5 Å². The van der Waals surface area contributed by atoms with E-state index in [9.17, 15) is 18.4 Å². The first-order valence-electron chi connectivity index (χ1n) is 9.29. The summed E-state index contributed by atoms with van der Waals surface area (Å²) < 4.78 is 28.7. The number of benzene rings is 2. The van der Waals surface area contributed by atoms with Crippen LogP contribution in [0, 0.1) is 11.6 Å². The van der Waals surface area contributed by atoms with Crippen LogP contribution in [0.25, 0.3) is 21.0 Å². The summed E-state index contributed by atoms with van der Waals surface area (Å²) in [5, 5.41) is 3.56. The Morgan fingerprint density at radius 2 is 1.97 bits per heavy atom. The van der Waals surface area contributed by atoms with Gasteiger partial charge in [-0.2, -0.15) is 0 Å². The Morgan fingerprint density at radius 3 is 2.77 bits per heavy atom. The number of amides is 1. The van der Waals surface area contributed by atoms with E-state index in [2.05, 4.69) is 15.3 Å². The van der Waals surface area contributed by atoms with E-state index < -0.39 is 23.2 Å². The van der Waals surface area contributed by atoms with Crippen LogP contribution in [-0.4, -0.2) is 34.4 Å². The molecule has 1 aliphatic heterocycles. The fourth-order valence-electron chi connectivity index (χ4n) is 4.01. The molecule has 1 aliphatic rings. The lowest BCUT2D eigenvalue weighted by molar-refractivity contribution is 0.0723. The first-order chi connectivity index (χ1) is 14.4. The summed E-state index contributed by atoms with van der Waals surface area (Å²) in [6.45, 7) is 0.781. The van der Waals surface area contributed by atoms with Gasteiger partial charge >= 0.3 is 0 Å². The van der Waals surface area contributed by atoms with Gasteiger partial charge in [-0.3, -0.25) is 9.59 Å². The van der Waals surface area contributed by atoms with Crippen molar-refractivity contribution in [1.29, 1.82) is 0 Å². The number of H-pyrrole nitrogens is 1. The van der Waals surface area contributed by atoms with Crippen molar-refractivity contribution in [2.75, 3.05) is 13.6 Å². The van der Waals surface area contributed by atoms with Gasteiger partial charge in [0.2, 0.25) is 0 Å². The SMILES string of the molecule is CN(C(=O)c1ccc2ncsc2c1)[C@@H]1CNCc2[nH]c(=O)c3cc(F)c(F)cc3c21. The quantitative estimate of drug-likeness (QED) is 0.516. The molecule has 0 spiro atoms. The largest absolute Gasteiger partial charge is 0.333 e. The molecule has 1 atom stereocenters. The van der Waals surface area contributed by atoms with Gasteiger partial charge < -0.3 is 15.2 Å². The molecule has 152 valence electrons. The number of aromatic amines is 1. The van der Waals surface area contributed by atoms with E-state index in [4.69, 9.17) is 0 Å². The van der Waals surface area contributed by atoms with Gasteiger partial charge in [0.05, 0.1) is 27.2 Å². The summed E-state index contributed by atoms with van der Waals surface area (Å²) >= 11 is 1.45. The molecule has 6 nitrogen and oxygen atoms in total. The lowest BCUT2D eigenvalue weighted by Crippen LogP contribution is -2.42. The Balaban J connectivity index is 1.62. The van der Waals surface area contributed by atoms with Gasteiger partial charge in [0.1, 0.15) is 0 Å². The van der Waals surface area contributed by atoms with Gasteiger partial charge in [-0.15, -0.1) is 11.3 Å². The first kappa shape index (κ1) is 18.8. The zero-order chi connectivity index (χ0) is 21.0. The van der Waals surface area contributed by atoms with E-state index in [0.717, 1.165) is 22.3 Å². The third-order valence-corrected chi connectivity index (χ3v) is 6.32. The highest BCUT2D eigenvalue weighted by molar-refractivity contribution is 7.16. The van der Waals surface area contributed by atoms with E-state index in [-0.39, 0.29) is 11.3 Å². The molecule has 2 aromatic heterocycles. The number of carbonyl (C=O) groups is 1. The molecule has 30 heavy (non-hydrogen) atoms. The number of likely N-dealkylation sites (N-methyl/N-ethyl adjacent to an activating group) is 1. The maximum atomic E-state index is 14.0. The summed E-state index contributed by atoms with van der Waals surface area (Å²) in [6, 6.07) is 6.79. The minimum Gasteiger partial charge on any atom is -0.333 e. The molecular formula is C21H16F2N4O2S. The lowest BCUT2D eigenvalue weighted by atomic mass is 9.93. The lowest BCUT2D eigenvalue weighted by Gasteiger charge is -2.34. The van der Waals surface area contributed by atoms with Crippen molar-refractivity contribution in [1.82, 2.24) is 20.2 Å². The highest BCUT2D eigenvalue weighted by atomic mass is 32.1. The summed E-state index contributed by atoms with van der Waals surface area (Å²) in [7, 11) is 1.66. The van der Waals surface area contributed by atoms with Crippen LogP contribution in [0.3, 0.4) is 0 Å². The van der Waals surface area contributed by atoms with Gasteiger partial charge in [0.15, 0.2) is 11.6 Å². The number of hydrogen-bond acceptors (Lipinski definition) is 5. The molecule has 0 saturated heterocycles. The molecular weight excluding hydrogens is 410 g/mol. The average Bonchev–Trinajstić information content (AvgIpc) is 3.21. The normalized spacial score (nSPS) is 16.0. The van der Waals surface area contributed by atoms with Crippen molar-refractivity contribution in [3.05, 3.63) is 74.7 Å². The molecule has 0 saturated carbocycles.